The minimum atomic E-state index is -3.44. The van der Waals surface area contributed by atoms with E-state index < -0.39 is 28.5 Å². The van der Waals surface area contributed by atoms with Crippen molar-refractivity contribution in [3.8, 4) is 5.75 Å². The van der Waals surface area contributed by atoms with E-state index in [4.69, 9.17) is 4.74 Å². The molecular formula is C15H16FN3O4S. The van der Waals surface area contributed by atoms with Gasteiger partial charge in [-0.15, -0.1) is 0 Å². The summed E-state index contributed by atoms with van der Waals surface area (Å²) in [7, 11) is -3.44. The third-order valence-electron chi connectivity index (χ3n) is 3.58. The van der Waals surface area contributed by atoms with Gasteiger partial charge in [0.15, 0.2) is 9.84 Å². The van der Waals surface area contributed by atoms with Gasteiger partial charge in [0.05, 0.1) is 30.6 Å². The van der Waals surface area contributed by atoms with Gasteiger partial charge < -0.3 is 10.1 Å². The zero-order chi connectivity index (χ0) is 17.2. The number of carbonyl (C=O) groups is 1. The van der Waals surface area contributed by atoms with E-state index in [1.807, 2.05) is 0 Å². The number of alkyl halides is 1. The third kappa shape index (κ3) is 3.40. The summed E-state index contributed by atoms with van der Waals surface area (Å²) in [4.78, 5) is 12.2. The standard InChI is InChI=1S/C15H16FN3O4S/c16-5-6-19-9-11(7-18-19)15(20)17-8-12-10-24(21,22)14-4-2-1-3-13(14)23-12/h1-4,7,9,12H,5-6,8,10H2,(H,17,20). The minimum absolute atomic E-state index is 0.0423. The molecule has 1 aromatic carbocycles. The molecule has 0 radical (unpaired) electrons. The molecule has 2 heterocycles. The van der Waals surface area contributed by atoms with Crippen LogP contribution in [0.25, 0.3) is 0 Å². The molecule has 1 atom stereocenters. The zero-order valence-corrected chi connectivity index (χ0v) is 13.5. The van der Waals surface area contributed by atoms with Crippen LogP contribution in [0.4, 0.5) is 4.39 Å². The summed E-state index contributed by atoms with van der Waals surface area (Å²) < 4.78 is 43.7. The second kappa shape index (κ2) is 6.60. The molecule has 0 saturated heterocycles. The van der Waals surface area contributed by atoms with Gasteiger partial charge in [0.1, 0.15) is 23.4 Å². The Morgan fingerprint density at radius 3 is 3.00 bits per heavy atom. The van der Waals surface area contributed by atoms with E-state index >= 15 is 0 Å². The van der Waals surface area contributed by atoms with Crippen LogP contribution in [0.5, 0.6) is 5.75 Å². The van der Waals surface area contributed by atoms with Gasteiger partial charge >= 0.3 is 0 Å². The molecule has 24 heavy (non-hydrogen) atoms. The van der Waals surface area contributed by atoms with Crippen molar-refractivity contribution in [3.63, 3.8) is 0 Å². The summed E-state index contributed by atoms with van der Waals surface area (Å²) in [5, 5.41) is 6.48. The molecule has 1 aliphatic rings. The average molecular weight is 353 g/mol. The number of fused-ring (bicyclic) bond motifs is 1. The number of para-hydroxylation sites is 1. The van der Waals surface area contributed by atoms with Gasteiger partial charge in [0.25, 0.3) is 5.91 Å². The maximum absolute atomic E-state index is 12.2. The lowest BCUT2D eigenvalue weighted by molar-refractivity contribution is 0.0930. The number of aromatic nitrogens is 2. The molecule has 1 amide bonds. The predicted octanol–water partition coefficient (Wildman–Crippen LogP) is 0.817. The first-order valence-corrected chi connectivity index (χ1v) is 9.00. The van der Waals surface area contributed by atoms with Gasteiger partial charge in [0.2, 0.25) is 0 Å². The fraction of sp³-hybridized carbons (Fsp3) is 0.333. The lowest BCUT2D eigenvalue weighted by atomic mass is 10.3. The Morgan fingerprint density at radius 1 is 1.42 bits per heavy atom. The second-order valence-corrected chi connectivity index (χ2v) is 7.36. The lowest BCUT2D eigenvalue weighted by Crippen LogP contribution is -2.41. The molecule has 2 aromatic rings. The topological polar surface area (TPSA) is 90.3 Å². The third-order valence-corrected chi connectivity index (χ3v) is 5.40. The van der Waals surface area contributed by atoms with E-state index in [0.29, 0.717) is 5.75 Å². The molecule has 1 unspecified atom stereocenters. The molecule has 7 nitrogen and oxygen atoms in total. The summed E-state index contributed by atoms with van der Waals surface area (Å²) in [6.45, 7) is -0.454. The molecule has 0 bridgehead atoms. The van der Waals surface area contributed by atoms with E-state index in [1.54, 1.807) is 18.2 Å². The van der Waals surface area contributed by atoms with Gasteiger partial charge in [0, 0.05) is 6.20 Å². The fourth-order valence-corrected chi connectivity index (χ4v) is 4.01. The molecule has 0 saturated carbocycles. The Morgan fingerprint density at radius 2 is 2.21 bits per heavy atom. The van der Waals surface area contributed by atoms with Crippen LogP contribution in [0, 0.1) is 0 Å². The molecule has 128 valence electrons. The molecule has 0 aliphatic carbocycles. The van der Waals surface area contributed by atoms with Crippen LogP contribution in [-0.2, 0) is 16.4 Å². The number of nitrogens with zero attached hydrogens (tertiary/aromatic N) is 2. The predicted molar refractivity (Wildman–Crippen MR) is 83.4 cm³/mol. The average Bonchev–Trinajstić information content (AvgIpc) is 3.01. The molecule has 1 aliphatic heterocycles. The SMILES string of the molecule is O=C(NCC1CS(=O)(=O)c2ccccc2O1)c1cnn(CCF)c1. The molecule has 3 rings (SSSR count). The van der Waals surface area contributed by atoms with Crippen LogP contribution in [0.2, 0.25) is 0 Å². The Bertz CT molecular complexity index is 850. The van der Waals surface area contributed by atoms with Crippen molar-refractivity contribution in [2.24, 2.45) is 0 Å². The molecular weight excluding hydrogens is 337 g/mol. The monoisotopic (exact) mass is 353 g/mol. The zero-order valence-electron chi connectivity index (χ0n) is 12.7. The minimum Gasteiger partial charge on any atom is -0.486 e. The number of benzene rings is 1. The number of carbonyl (C=O) groups excluding carboxylic acids is 1. The van der Waals surface area contributed by atoms with Crippen LogP contribution in [0.15, 0.2) is 41.6 Å². The van der Waals surface area contributed by atoms with Crippen molar-refractivity contribution in [2.45, 2.75) is 17.5 Å². The maximum atomic E-state index is 12.2. The summed E-state index contributed by atoms with van der Waals surface area (Å²) >= 11 is 0. The normalized spacial score (nSPS) is 18.5. The van der Waals surface area contributed by atoms with Crippen LogP contribution < -0.4 is 10.1 Å². The summed E-state index contributed by atoms with van der Waals surface area (Å²) in [5.74, 6) is -0.329. The summed E-state index contributed by atoms with van der Waals surface area (Å²) in [5.41, 5.74) is 0.280. The number of amides is 1. The summed E-state index contributed by atoms with van der Waals surface area (Å²) in [6, 6.07) is 6.41. The van der Waals surface area contributed by atoms with E-state index in [9.17, 15) is 17.6 Å². The highest BCUT2D eigenvalue weighted by atomic mass is 32.2. The van der Waals surface area contributed by atoms with E-state index in [-0.39, 0.29) is 29.3 Å². The molecule has 1 N–H and O–H groups in total. The van der Waals surface area contributed by atoms with Crippen molar-refractivity contribution in [1.82, 2.24) is 15.1 Å². The number of ether oxygens (including phenoxy) is 1. The molecule has 1 aromatic heterocycles. The Balaban J connectivity index is 1.64. The first-order valence-electron chi connectivity index (χ1n) is 7.34. The Kier molecular flexibility index (Phi) is 4.52. The first-order chi connectivity index (χ1) is 11.5. The Hall–Kier alpha value is -2.42. The van der Waals surface area contributed by atoms with Crippen molar-refractivity contribution in [1.29, 1.82) is 0 Å². The van der Waals surface area contributed by atoms with Crippen LogP contribution in [-0.4, -0.2) is 49.2 Å². The van der Waals surface area contributed by atoms with Crippen LogP contribution >= 0.6 is 0 Å². The number of aryl methyl sites for hydroxylation is 1. The lowest BCUT2D eigenvalue weighted by Gasteiger charge is -2.26. The van der Waals surface area contributed by atoms with Gasteiger partial charge in [-0.3, -0.25) is 9.48 Å². The number of nitrogens with one attached hydrogen (secondary N) is 1. The highest BCUT2D eigenvalue weighted by Crippen LogP contribution is 2.30. The van der Waals surface area contributed by atoms with Crippen molar-refractivity contribution >= 4 is 15.7 Å². The van der Waals surface area contributed by atoms with E-state index in [1.165, 1.54) is 23.1 Å². The van der Waals surface area contributed by atoms with Gasteiger partial charge in [-0.25, -0.2) is 12.8 Å². The van der Waals surface area contributed by atoms with Crippen LogP contribution in [0.1, 0.15) is 10.4 Å². The fourth-order valence-electron chi connectivity index (χ4n) is 2.45. The van der Waals surface area contributed by atoms with Crippen LogP contribution in [0.3, 0.4) is 0 Å². The van der Waals surface area contributed by atoms with Gasteiger partial charge in [-0.1, -0.05) is 12.1 Å². The van der Waals surface area contributed by atoms with Crippen molar-refractivity contribution in [2.75, 3.05) is 19.0 Å². The number of rotatable bonds is 5. The molecule has 0 spiro atoms. The number of hydrogen-bond donors (Lipinski definition) is 1. The van der Waals surface area contributed by atoms with Crippen molar-refractivity contribution < 1.29 is 22.3 Å². The van der Waals surface area contributed by atoms with Gasteiger partial charge in [-0.2, -0.15) is 5.10 Å². The first kappa shape index (κ1) is 16.4. The quantitative estimate of drug-likeness (QED) is 0.859. The number of hydrogen-bond acceptors (Lipinski definition) is 5. The Labute approximate surface area is 138 Å². The van der Waals surface area contributed by atoms with E-state index in [2.05, 4.69) is 10.4 Å². The summed E-state index contributed by atoms with van der Waals surface area (Å²) in [6.07, 6.45) is 2.09. The number of halogens is 1. The highest BCUT2D eigenvalue weighted by Gasteiger charge is 2.31. The second-order valence-electron chi connectivity index (χ2n) is 5.36. The van der Waals surface area contributed by atoms with Gasteiger partial charge in [-0.05, 0) is 12.1 Å². The smallest absolute Gasteiger partial charge is 0.254 e. The molecule has 9 heteroatoms. The largest absolute Gasteiger partial charge is 0.486 e. The van der Waals surface area contributed by atoms with E-state index in [0.717, 1.165) is 0 Å². The number of sulfone groups is 1. The highest BCUT2D eigenvalue weighted by molar-refractivity contribution is 7.91. The maximum Gasteiger partial charge on any atom is 0.254 e. The van der Waals surface area contributed by atoms with Crippen molar-refractivity contribution in [3.05, 3.63) is 42.2 Å². The molecule has 0 fully saturated rings.